The molecule has 1 N–H and O–H groups in total. The van der Waals surface area contributed by atoms with Crippen molar-refractivity contribution in [2.24, 2.45) is 0 Å². The van der Waals surface area contributed by atoms with Crippen LogP contribution in [0, 0.1) is 13.8 Å². The summed E-state index contributed by atoms with van der Waals surface area (Å²) >= 11 is 11.6. The van der Waals surface area contributed by atoms with Crippen LogP contribution in [-0.4, -0.2) is 30.6 Å². The molecule has 2 amide bonds. The van der Waals surface area contributed by atoms with Gasteiger partial charge in [-0.15, -0.1) is 0 Å². The number of hydrogen-bond donors (Lipinski definition) is 1. The molecule has 3 rings (SSSR count). The Labute approximate surface area is 185 Å². The van der Waals surface area contributed by atoms with E-state index < -0.39 is 11.8 Å². The number of carbonyl (C=O) groups is 2. The number of nitrogens with zero attached hydrogens (tertiary/aromatic N) is 1. The summed E-state index contributed by atoms with van der Waals surface area (Å²) in [6.45, 7) is 6.05. The first kappa shape index (κ1) is 21.8. The van der Waals surface area contributed by atoms with Crippen molar-refractivity contribution in [1.29, 1.82) is 0 Å². The fraction of sp³-hybridized carbons (Fsp3) is 0.227. The third-order valence-electron chi connectivity index (χ3n) is 4.59. The van der Waals surface area contributed by atoms with Gasteiger partial charge in [0.25, 0.3) is 11.8 Å². The first-order valence-electron chi connectivity index (χ1n) is 9.25. The second-order valence-electron chi connectivity index (χ2n) is 6.71. The number of thiocarbonyl (C=S) groups is 1. The maximum atomic E-state index is 13.3. The summed E-state index contributed by atoms with van der Waals surface area (Å²) < 4.78 is 10.9. The van der Waals surface area contributed by atoms with Crippen LogP contribution in [0.5, 0.6) is 11.5 Å². The Morgan fingerprint density at radius 3 is 2.57 bits per heavy atom. The molecule has 1 heterocycles. The van der Waals surface area contributed by atoms with E-state index in [0.717, 1.165) is 11.1 Å². The normalized spacial score (nSPS) is 15.4. The molecule has 2 aromatic rings. The van der Waals surface area contributed by atoms with E-state index in [9.17, 15) is 9.59 Å². The van der Waals surface area contributed by atoms with E-state index in [1.165, 1.54) is 18.1 Å². The average molecular weight is 445 g/mol. The number of nitrogens with one attached hydrogen (secondary N) is 1. The average Bonchev–Trinajstić information content (AvgIpc) is 2.69. The van der Waals surface area contributed by atoms with Gasteiger partial charge in [-0.1, -0.05) is 23.7 Å². The van der Waals surface area contributed by atoms with Gasteiger partial charge >= 0.3 is 0 Å². The molecule has 30 heavy (non-hydrogen) atoms. The van der Waals surface area contributed by atoms with Crippen LogP contribution < -0.4 is 19.7 Å². The molecule has 0 aliphatic carbocycles. The highest BCUT2D eigenvalue weighted by Crippen LogP contribution is 2.35. The Morgan fingerprint density at radius 1 is 1.17 bits per heavy atom. The molecule has 0 radical (unpaired) electrons. The Morgan fingerprint density at radius 2 is 1.90 bits per heavy atom. The van der Waals surface area contributed by atoms with Crippen molar-refractivity contribution in [3.8, 4) is 11.5 Å². The van der Waals surface area contributed by atoms with E-state index in [2.05, 4.69) is 5.32 Å². The minimum atomic E-state index is -0.587. The van der Waals surface area contributed by atoms with Gasteiger partial charge in [-0.25, -0.2) is 0 Å². The molecular formula is C22H21ClN2O4S. The maximum absolute atomic E-state index is 13.3. The number of amides is 2. The molecule has 0 spiro atoms. The van der Waals surface area contributed by atoms with Crippen molar-refractivity contribution in [3.63, 3.8) is 0 Å². The number of anilines is 1. The highest BCUT2D eigenvalue weighted by atomic mass is 35.5. The van der Waals surface area contributed by atoms with Crippen LogP contribution in [0.2, 0.25) is 5.02 Å². The quantitative estimate of drug-likeness (QED) is 0.425. The summed E-state index contributed by atoms with van der Waals surface area (Å²) in [5.74, 6) is -0.192. The van der Waals surface area contributed by atoms with Crippen LogP contribution in [-0.2, 0) is 9.59 Å². The zero-order valence-electron chi connectivity index (χ0n) is 17.0. The monoisotopic (exact) mass is 444 g/mol. The third-order valence-corrected chi connectivity index (χ3v) is 5.20. The van der Waals surface area contributed by atoms with Crippen LogP contribution >= 0.6 is 23.8 Å². The maximum Gasteiger partial charge on any atom is 0.270 e. The van der Waals surface area contributed by atoms with Gasteiger partial charge in [0, 0.05) is 6.07 Å². The lowest BCUT2D eigenvalue weighted by Crippen LogP contribution is -2.54. The SMILES string of the molecule is CCOc1cc(/C=C2\C(=O)NC(=S)N(c3cc(C)ccc3C)C2=O)c(Cl)cc1OC. The summed E-state index contributed by atoms with van der Waals surface area (Å²) in [4.78, 5) is 27.2. The molecule has 8 heteroatoms. The molecule has 1 fully saturated rings. The number of benzene rings is 2. The molecule has 0 saturated carbocycles. The number of carbonyl (C=O) groups excluding carboxylic acids is 2. The number of rotatable bonds is 5. The van der Waals surface area contributed by atoms with Crippen LogP contribution in [0.25, 0.3) is 6.08 Å². The van der Waals surface area contributed by atoms with Gasteiger partial charge in [-0.05, 0) is 67.9 Å². The topological polar surface area (TPSA) is 67.9 Å². The summed E-state index contributed by atoms with van der Waals surface area (Å²) in [6.07, 6.45) is 1.43. The van der Waals surface area contributed by atoms with Crippen molar-refractivity contribution >= 4 is 52.5 Å². The molecule has 0 bridgehead atoms. The highest BCUT2D eigenvalue weighted by Gasteiger charge is 2.35. The van der Waals surface area contributed by atoms with Crippen molar-refractivity contribution in [2.75, 3.05) is 18.6 Å². The fourth-order valence-corrected chi connectivity index (χ4v) is 3.56. The van der Waals surface area contributed by atoms with E-state index in [4.69, 9.17) is 33.3 Å². The number of methoxy groups -OCH3 is 1. The molecule has 156 valence electrons. The van der Waals surface area contributed by atoms with Crippen molar-refractivity contribution < 1.29 is 19.1 Å². The Balaban J connectivity index is 2.09. The first-order chi connectivity index (χ1) is 14.3. The summed E-state index contributed by atoms with van der Waals surface area (Å²) in [5, 5.41) is 2.94. The second-order valence-corrected chi connectivity index (χ2v) is 7.50. The molecule has 2 aromatic carbocycles. The van der Waals surface area contributed by atoms with Crippen LogP contribution in [0.15, 0.2) is 35.9 Å². The van der Waals surface area contributed by atoms with Gasteiger partial charge in [0.1, 0.15) is 5.57 Å². The van der Waals surface area contributed by atoms with Gasteiger partial charge < -0.3 is 9.47 Å². The molecular weight excluding hydrogens is 424 g/mol. The highest BCUT2D eigenvalue weighted by molar-refractivity contribution is 7.80. The molecule has 1 saturated heterocycles. The van der Waals surface area contributed by atoms with Crippen molar-refractivity contribution in [1.82, 2.24) is 5.32 Å². The largest absolute Gasteiger partial charge is 0.493 e. The molecule has 6 nitrogen and oxygen atoms in total. The molecule has 0 aromatic heterocycles. The minimum absolute atomic E-state index is 0.0340. The van der Waals surface area contributed by atoms with E-state index >= 15 is 0 Å². The van der Waals surface area contributed by atoms with E-state index in [1.807, 2.05) is 39.0 Å². The zero-order chi connectivity index (χ0) is 22.0. The number of halogens is 1. The smallest absolute Gasteiger partial charge is 0.270 e. The molecule has 0 unspecified atom stereocenters. The summed E-state index contributed by atoms with van der Waals surface area (Å²) in [5.41, 5.74) is 2.81. The van der Waals surface area contributed by atoms with Gasteiger partial charge in [0.15, 0.2) is 16.6 Å². The van der Waals surface area contributed by atoms with Gasteiger partial charge in [0.05, 0.1) is 24.4 Å². The van der Waals surface area contributed by atoms with E-state index in [0.29, 0.717) is 34.4 Å². The Hall–Kier alpha value is -2.90. The van der Waals surface area contributed by atoms with Crippen molar-refractivity contribution in [3.05, 3.63) is 57.6 Å². The molecule has 1 aliphatic rings. The zero-order valence-corrected chi connectivity index (χ0v) is 18.6. The lowest BCUT2D eigenvalue weighted by atomic mass is 10.0. The summed E-state index contributed by atoms with van der Waals surface area (Å²) in [6, 6.07) is 8.90. The van der Waals surface area contributed by atoms with Crippen LogP contribution in [0.4, 0.5) is 5.69 Å². The summed E-state index contributed by atoms with van der Waals surface area (Å²) in [7, 11) is 1.51. The number of hydrogen-bond acceptors (Lipinski definition) is 5. The number of ether oxygens (including phenoxy) is 2. The first-order valence-corrected chi connectivity index (χ1v) is 10.0. The molecule has 1 aliphatic heterocycles. The third kappa shape index (κ3) is 4.17. The lowest BCUT2D eigenvalue weighted by molar-refractivity contribution is -0.122. The van der Waals surface area contributed by atoms with Crippen LogP contribution in [0.3, 0.4) is 0 Å². The Kier molecular flexibility index (Phi) is 6.43. The van der Waals surface area contributed by atoms with E-state index in [1.54, 1.807) is 12.1 Å². The predicted molar refractivity (Wildman–Crippen MR) is 121 cm³/mol. The fourth-order valence-electron chi connectivity index (χ4n) is 3.08. The van der Waals surface area contributed by atoms with E-state index in [-0.39, 0.29) is 10.7 Å². The number of aryl methyl sites for hydroxylation is 2. The molecule has 0 atom stereocenters. The second kappa shape index (κ2) is 8.85. The van der Waals surface area contributed by atoms with Gasteiger partial charge in [-0.3, -0.25) is 19.8 Å². The van der Waals surface area contributed by atoms with Crippen LogP contribution in [0.1, 0.15) is 23.6 Å². The predicted octanol–water partition coefficient (Wildman–Crippen LogP) is 4.20. The lowest BCUT2D eigenvalue weighted by Gasteiger charge is -2.30. The van der Waals surface area contributed by atoms with Gasteiger partial charge in [0.2, 0.25) is 0 Å². The van der Waals surface area contributed by atoms with Crippen molar-refractivity contribution in [2.45, 2.75) is 20.8 Å². The standard InChI is InChI=1S/C22H21ClN2O4S/c1-5-29-19-10-14(16(23)11-18(19)28-4)9-15-20(26)24-22(30)25(21(15)27)17-8-12(2)6-7-13(17)3/h6-11H,5H2,1-4H3,(H,24,26,30)/b15-9+. The Bertz CT molecular complexity index is 1080. The van der Waals surface area contributed by atoms with Gasteiger partial charge in [-0.2, -0.15) is 0 Å². The minimum Gasteiger partial charge on any atom is -0.493 e.